The predicted molar refractivity (Wildman–Crippen MR) is 62.8 cm³/mol. The van der Waals surface area contributed by atoms with Crippen molar-refractivity contribution in [1.82, 2.24) is 5.32 Å². The second kappa shape index (κ2) is 5.02. The molecule has 1 saturated heterocycles. The van der Waals surface area contributed by atoms with Crippen molar-refractivity contribution in [1.29, 1.82) is 0 Å². The van der Waals surface area contributed by atoms with Crippen molar-refractivity contribution >= 4 is 11.6 Å². The lowest BCUT2D eigenvalue weighted by atomic mass is 9.91. The Kier molecular flexibility index (Phi) is 3.66. The first kappa shape index (κ1) is 11.7. The number of piperidine rings is 1. The van der Waals surface area contributed by atoms with Crippen molar-refractivity contribution < 1.29 is 9.13 Å². The van der Waals surface area contributed by atoms with Crippen LogP contribution in [0, 0.1) is 5.82 Å². The Morgan fingerprint density at radius 1 is 1.50 bits per heavy atom. The number of benzene rings is 1. The fourth-order valence-corrected chi connectivity index (χ4v) is 2.44. The summed E-state index contributed by atoms with van der Waals surface area (Å²) in [5.74, 6) is 0.108. The molecular formula is C12H15ClFNO. The van der Waals surface area contributed by atoms with Crippen LogP contribution in [0.25, 0.3) is 0 Å². The molecule has 88 valence electrons. The second-order valence-corrected chi connectivity index (χ2v) is 4.47. The topological polar surface area (TPSA) is 21.3 Å². The van der Waals surface area contributed by atoms with Crippen LogP contribution in [0.15, 0.2) is 12.1 Å². The minimum Gasteiger partial charge on any atom is -0.492 e. The fourth-order valence-electron chi connectivity index (χ4n) is 2.15. The van der Waals surface area contributed by atoms with E-state index in [0.29, 0.717) is 10.9 Å². The van der Waals surface area contributed by atoms with Gasteiger partial charge in [0.2, 0.25) is 0 Å². The summed E-state index contributed by atoms with van der Waals surface area (Å²) in [6.45, 7) is 1.94. The lowest BCUT2D eigenvalue weighted by Gasteiger charge is -2.23. The van der Waals surface area contributed by atoms with E-state index in [9.17, 15) is 4.39 Å². The van der Waals surface area contributed by atoms with Gasteiger partial charge in [0.1, 0.15) is 0 Å². The average Bonchev–Trinajstić information content (AvgIpc) is 2.30. The molecule has 2 nitrogen and oxygen atoms in total. The third-order valence-electron chi connectivity index (χ3n) is 2.99. The zero-order valence-corrected chi connectivity index (χ0v) is 9.98. The summed E-state index contributed by atoms with van der Waals surface area (Å²) in [6, 6.07) is 3.34. The number of hydrogen-bond donors (Lipinski definition) is 1. The summed E-state index contributed by atoms with van der Waals surface area (Å²) in [7, 11) is 1.42. The van der Waals surface area contributed by atoms with E-state index in [2.05, 4.69) is 5.32 Å². The Hall–Kier alpha value is -0.800. The molecule has 1 fully saturated rings. The molecule has 2 rings (SSSR count). The summed E-state index contributed by atoms with van der Waals surface area (Å²) >= 11 is 5.97. The first-order valence-electron chi connectivity index (χ1n) is 5.46. The van der Waals surface area contributed by atoms with Crippen molar-refractivity contribution in [3.63, 3.8) is 0 Å². The van der Waals surface area contributed by atoms with Crippen LogP contribution >= 0.6 is 11.6 Å². The van der Waals surface area contributed by atoms with E-state index in [4.69, 9.17) is 16.3 Å². The van der Waals surface area contributed by atoms with Crippen molar-refractivity contribution in [2.75, 3.05) is 20.2 Å². The smallest absolute Gasteiger partial charge is 0.173 e. The van der Waals surface area contributed by atoms with E-state index in [1.807, 2.05) is 0 Å². The Balaban J connectivity index is 2.28. The number of nitrogens with one attached hydrogen (secondary N) is 1. The molecule has 0 aromatic heterocycles. The van der Waals surface area contributed by atoms with Gasteiger partial charge in [-0.15, -0.1) is 0 Å². The predicted octanol–water partition coefficient (Wildman–Crippen LogP) is 2.95. The lowest BCUT2D eigenvalue weighted by Crippen LogP contribution is -2.28. The van der Waals surface area contributed by atoms with Gasteiger partial charge in [-0.05, 0) is 43.0 Å². The number of ether oxygens (including phenoxy) is 1. The molecule has 1 aromatic rings. The van der Waals surface area contributed by atoms with E-state index < -0.39 is 0 Å². The third kappa shape index (κ3) is 2.30. The molecular weight excluding hydrogens is 229 g/mol. The molecule has 0 saturated carbocycles. The maximum atomic E-state index is 13.6. The van der Waals surface area contributed by atoms with Gasteiger partial charge in [0, 0.05) is 6.54 Å². The van der Waals surface area contributed by atoms with E-state index in [0.717, 1.165) is 31.5 Å². The van der Waals surface area contributed by atoms with E-state index in [-0.39, 0.29) is 11.6 Å². The number of hydrogen-bond acceptors (Lipinski definition) is 2. The van der Waals surface area contributed by atoms with Gasteiger partial charge in [0.05, 0.1) is 12.1 Å². The second-order valence-electron chi connectivity index (χ2n) is 4.06. The van der Waals surface area contributed by atoms with Crippen LogP contribution in [0.2, 0.25) is 5.02 Å². The standard InChI is InChI=1S/C12H15ClFNO/c1-16-12-10(13)5-9(6-11(12)14)8-3-2-4-15-7-8/h5-6,8,15H,2-4,7H2,1H3. The first-order chi connectivity index (χ1) is 7.72. The Bertz CT molecular complexity index is 354. The monoisotopic (exact) mass is 243 g/mol. The molecule has 1 aromatic carbocycles. The van der Waals surface area contributed by atoms with Crippen LogP contribution in [-0.4, -0.2) is 20.2 Å². The zero-order valence-electron chi connectivity index (χ0n) is 9.22. The van der Waals surface area contributed by atoms with Crippen molar-refractivity contribution in [2.45, 2.75) is 18.8 Å². The first-order valence-corrected chi connectivity index (χ1v) is 5.84. The Morgan fingerprint density at radius 3 is 2.88 bits per heavy atom. The van der Waals surface area contributed by atoms with Gasteiger partial charge in [0.15, 0.2) is 11.6 Å². The number of rotatable bonds is 2. The van der Waals surface area contributed by atoms with Crippen LogP contribution in [-0.2, 0) is 0 Å². The van der Waals surface area contributed by atoms with Crippen LogP contribution in [0.4, 0.5) is 4.39 Å². The summed E-state index contributed by atoms with van der Waals surface area (Å²) in [5.41, 5.74) is 0.954. The SMILES string of the molecule is COc1c(F)cc(C2CCCNC2)cc1Cl. The lowest BCUT2D eigenvalue weighted by molar-refractivity contribution is 0.385. The molecule has 0 bridgehead atoms. The summed E-state index contributed by atoms with van der Waals surface area (Å²) in [6.07, 6.45) is 2.20. The molecule has 1 atom stereocenters. The minimum absolute atomic E-state index is 0.134. The molecule has 16 heavy (non-hydrogen) atoms. The van der Waals surface area contributed by atoms with Gasteiger partial charge in [0.25, 0.3) is 0 Å². The molecule has 0 spiro atoms. The highest BCUT2D eigenvalue weighted by molar-refractivity contribution is 6.32. The molecule has 1 N–H and O–H groups in total. The van der Waals surface area contributed by atoms with Gasteiger partial charge in [-0.3, -0.25) is 0 Å². The molecule has 1 unspecified atom stereocenters. The summed E-state index contributed by atoms with van der Waals surface area (Å²) in [4.78, 5) is 0. The summed E-state index contributed by atoms with van der Waals surface area (Å²) in [5, 5.41) is 3.65. The van der Waals surface area contributed by atoms with E-state index >= 15 is 0 Å². The molecule has 1 aliphatic rings. The quantitative estimate of drug-likeness (QED) is 0.862. The van der Waals surface area contributed by atoms with Crippen molar-refractivity contribution in [3.05, 3.63) is 28.5 Å². The largest absolute Gasteiger partial charge is 0.492 e. The van der Waals surface area contributed by atoms with Crippen molar-refractivity contribution in [3.8, 4) is 5.75 Å². The third-order valence-corrected chi connectivity index (χ3v) is 3.27. The minimum atomic E-state index is -0.379. The number of methoxy groups -OCH3 is 1. The fraction of sp³-hybridized carbons (Fsp3) is 0.500. The Morgan fingerprint density at radius 2 is 2.31 bits per heavy atom. The van der Waals surface area contributed by atoms with Crippen molar-refractivity contribution in [2.24, 2.45) is 0 Å². The maximum Gasteiger partial charge on any atom is 0.173 e. The number of halogens is 2. The van der Waals surface area contributed by atoms with Gasteiger partial charge in [-0.1, -0.05) is 11.6 Å². The highest BCUT2D eigenvalue weighted by atomic mass is 35.5. The molecule has 0 radical (unpaired) electrons. The maximum absolute atomic E-state index is 13.6. The molecule has 4 heteroatoms. The van der Waals surface area contributed by atoms with E-state index in [1.165, 1.54) is 13.2 Å². The van der Waals surface area contributed by atoms with E-state index in [1.54, 1.807) is 6.07 Å². The van der Waals surface area contributed by atoms with Gasteiger partial charge in [-0.25, -0.2) is 4.39 Å². The molecule has 0 amide bonds. The van der Waals surface area contributed by atoms with Crippen LogP contribution in [0.1, 0.15) is 24.3 Å². The van der Waals surface area contributed by atoms with Gasteiger partial charge in [-0.2, -0.15) is 0 Å². The molecule has 0 aliphatic carbocycles. The summed E-state index contributed by atoms with van der Waals surface area (Å²) < 4.78 is 18.5. The molecule has 1 heterocycles. The van der Waals surface area contributed by atoms with Gasteiger partial charge >= 0.3 is 0 Å². The Labute approximate surface area is 99.7 Å². The van der Waals surface area contributed by atoms with Crippen LogP contribution in [0.3, 0.4) is 0 Å². The highest BCUT2D eigenvalue weighted by Gasteiger charge is 2.18. The average molecular weight is 244 g/mol. The normalized spacial score (nSPS) is 20.8. The van der Waals surface area contributed by atoms with Crippen LogP contribution in [0.5, 0.6) is 5.75 Å². The van der Waals surface area contributed by atoms with Crippen LogP contribution < -0.4 is 10.1 Å². The highest BCUT2D eigenvalue weighted by Crippen LogP contribution is 2.33. The zero-order chi connectivity index (χ0) is 11.5. The van der Waals surface area contributed by atoms with Gasteiger partial charge < -0.3 is 10.1 Å². The molecule has 1 aliphatic heterocycles.